The van der Waals surface area contributed by atoms with Gasteiger partial charge in [0.2, 0.25) is 0 Å². The monoisotopic (exact) mass is 267 g/mol. The molecule has 0 saturated heterocycles. The summed E-state index contributed by atoms with van der Waals surface area (Å²) in [6.45, 7) is 6.33. The average molecular weight is 267 g/mol. The minimum absolute atomic E-state index is 0.215. The van der Waals surface area contributed by atoms with E-state index in [-0.39, 0.29) is 6.10 Å². The Morgan fingerprint density at radius 2 is 1.94 bits per heavy atom. The van der Waals surface area contributed by atoms with Crippen molar-refractivity contribution >= 4 is 11.8 Å². The molecule has 2 nitrogen and oxygen atoms in total. The van der Waals surface area contributed by atoms with Gasteiger partial charge in [-0.05, 0) is 50.4 Å². The van der Waals surface area contributed by atoms with Crippen molar-refractivity contribution < 1.29 is 4.74 Å². The van der Waals surface area contributed by atoms with E-state index in [1.807, 2.05) is 12.1 Å². The van der Waals surface area contributed by atoms with E-state index < -0.39 is 0 Å². The van der Waals surface area contributed by atoms with Crippen LogP contribution in [0.3, 0.4) is 0 Å². The first-order valence-electron chi connectivity index (χ1n) is 6.77. The predicted octanol–water partition coefficient (Wildman–Crippen LogP) is 3.96. The van der Waals surface area contributed by atoms with Gasteiger partial charge in [-0.1, -0.05) is 19.8 Å². The van der Waals surface area contributed by atoms with E-state index in [2.05, 4.69) is 37.6 Å². The number of rotatable bonds is 9. The van der Waals surface area contributed by atoms with Crippen molar-refractivity contribution in [3.8, 4) is 5.75 Å². The summed E-state index contributed by atoms with van der Waals surface area (Å²) in [5.74, 6) is 0.954. The molecule has 0 aromatic heterocycles. The van der Waals surface area contributed by atoms with Crippen LogP contribution in [-0.4, -0.2) is 25.4 Å². The van der Waals surface area contributed by atoms with Crippen LogP contribution < -0.4 is 10.1 Å². The Bertz CT molecular complexity index is 313. The summed E-state index contributed by atoms with van der Waals surface area (Å²) < 4.78 is 5.85. The van der Waals surface area contributed by atoms with Gasteiger partial charge in [0, 0.05) is 11.4 Å². The van der Waals surface area contributed by atoms with Crippen molar-refractivity contribution in [2.75, 3.05) is 19.3 Å². The lowest BCUT2D eigenvalue weighted by atomic mass is 10.2. The van der Waals surface area contributed by atoms with Crippen LogP contribution in [0, 0.1) is 0 Å². The zero-order chi connectivity index (χ0) is 13.2. The second-order valence-electron chi connectivity index (χ2n) is 4.52. The minimum atomic E-state index is 0.215. The summed E-state index contributed by atoms with van der Waals surface area (Å²) in [5.41, 5.74) is 0. The van der Waals surface area contributed by atoms with Crippen molar-refractivity contribution in [2.45, 2.75) is 44.1 Å². The molecule has 0 amide bonds. The Kier molecular flexibility index (Phi) is 7.94. The molecule has 0 fully saturated rings. The van der Waals surface area contributed by atoms with Crippen LogP contribution in [0.5, 0.6) is 5.75 Å². The summed E-state index contributed by atoms with van der Waals surface area (Å²) in [6, 6.07) is 8.28. The summed E-state index contributed by atoms with van der Waals surface area (Å²) in [6.07, 6.45) is 6.13. The molecule has 102 valence electrons. The predicted molar refractivity (Wildman–Crippen MR) is 80.7 cm³/mol. The molecule has 0 bridgehead atoms. The van der Waals surface area contributed by atoms with Crippen LogP contribution >= 0.6 is 11.8 Å². The Morgan fingerprint density at radius 1 is 1.22 bits per heavy atom. The minimum Gasteiger partial charge on any atom is -0.489 e. The molecule has 1 N–H and O–H groups in total. The number of ether oxygens (including phenoxy) is 1. The topological polar surface area (TPSA) is 21.3 Å². The van der Waals surface area contributed by atoms with Gasteiger partial charge in [-0.15, -0.1) is 11.8 Å². The van der Waals surface area contributed by atoms with E-state index in [0.29, 0.717) is 0 Å². The Morgan fingerprint density at radius 3 is 2.56 bits per heavy atom. The summed E-state index contributed by atoms with van der Waals surface area (Å²) in [4.78, 5) is 1.27. The smallest absolute Gasteiger partial charge is 0.119 e. The molecule has 1 unspecified atom stereocenters. The van der Waals surface area contributed by atoms with Gasteiger partial charge in [0.25, 0.3) is 0 Å². The highest BCUT2D eigenvalue weighted by molar-refractivity contribution is 7.98. The highest BCUT2D eigenvalue weighted by Gasteiger charge is 2.03. The zero-order valence-corrected chi connectivity index (χ0v) is 12.6. The van der Waals surface area contributed by atoms with E-state index in [1.165, 1.54) is 24.2 Å². The highest BCUT2D eigenvalue weighted by Crippen LogP contribution is 2.19. The van der Waals surface area contributed by atoms with Gasteiger partial charge >= 0.3 is 0 Å². The van der Waals surface area contributed by atoms with Gasteiger partial charge in [0.15, 0.2) is 0 Å². The number of hydrogen-bond donors (Lipinski definition) is 1. The first-order chi connectivity index (χ1) is 8.76. The summed E-state index contributed by atoms with van der Waals surface area (Å²) in [5, 5.41) is 3.43. The molecule has 0 saturated carbocycles. The Hall–Kier alpha value is -0.670. The van der Waals surface area contributed by atoms with Gasteiger partial charge in [0.05, 0.1) is 0 Å². The average Bonchev–Trinajstić information content (AvgIpc) is 2.39. The molecule has 1 aromatic carbocycles. The molecular formula is C15H25NOS. The van der Waals surface area contributed by atoms with Gasteiger partial charge in [0.1, 0.15) is 11.9 Å². The normalized spacial score (nSPS) is 12.4. The number of unbranched alkanes of at least 4 members (excludes halogenated alkanes) is 2. The van der Waals surface area contributed by atoms with E-state index in [4.69, 9.17) is 4.74 Å². The molecular weight excluding hydrogens is 242 g/mol. The fourth-order valence-corrected chi connectivity index (χ4v) is 2.14. The molecule has 0 aliphatic rings. The van der Waals surface area contributed by atoms with Crippen LogP contribution in [0.15, 0.2) is 29.2 Å². The molecule has 0 aliphatic carbocycles. The lowest BCUT2D eigenvalue weighted by Gasteiger charge is -2.15. The van der Waals surface area contributed by atoms with Crippen molar-refractivity contribution in [1.29, 1.82) is 0 Å². The van der Waals surface area contributed by atoms with Gasteiger partial charge in [-0.25, -0.2) is 0 Å². The first kappa shape index (κ1) is 15.4. The molecule has 0 heterocycles. The molecule has 0 radical (unpaired) electrons. The van der Waals surface area contributed by atoms with Crippen molar-refractivity contribution in [3.05, 3.63) is 24.3 Å². The maximum atomic E-state index is 5.85. The highest BCUT2D eigenvalue weighted by atomic mass is 32.2. The van der Waals surface area contributed by atoms with Crippen molar-refractivity contribution in [3.63, 3.8) is 0 Å². The fourth-order valence-electron chi connectivity index (χ4n) is 1.73. The molecule has 1 aromatic rings. The lowest BCUT2D eigenvalue weighted by molar-refractivity contribution is 0.217. The number of benzene rings is 1. The lowest BCUT2D eigenvalue weighted by Crippen LogP contribution is -2.29. The van der Waals surface area contributed by atoms with E-state index in [1.54, 1.807) is 11.8 Å². The van der Waals surface area contributed by atoms with E-state index >= 15 is 0 Å². The largest absolute Gasteiger partial charge is 0.489 e. The third-order valence-electron chi connectivity index (χ3n) is 2.79. The van der Waals surface area contributed by atoms with Crippen LogP contribution in [0.25, 0.3) is 0 Å². The number of hydrogen-bond acceptors (Lipinski definition) is 3. The molecule has 18 heavy (non-hydrogen) atoms. The molecule has 3 heteroatoms. The third-order valence-corrected chi connectivity index (χ3v) is 3.53. The maximum absolute atomic E-state index is 5.85. The SMILES string of the molecule is CCCCCNCC(C)Oc1ccc(SC)cc1. The Balaban J connectivity index is 2.20. The summed E-state index contributed by atoms with van der Waals surface area (Å²) in [7, 11) is 0. The van der Waals surface area contributed by atoms with E-state index in [0.717, 1.165) is 18.8 Å². The summed E-state index contributed by atoms with van der Waals surface area (Å²) >= 11 is 1.75. The second kappa shape index (κ2) is 9.29. The first-order valence-corrected chi connectivity index (χ1v) is 8.00. The zero-order valence-electron chi connectivity index (χ0n) is 11.7. The van der Waals surface area contributed by atoms with Crippen LogP contribution in [0.4, 0.5) is 0 Å². The van der Waals surface area contributed by atoms with Crippen LogP contribution in [0.2, 0.25) is 0 Å². The van der Waals surface area contributed by atoms with Crippen molar-refractivity contribution in [2.24, 2.45) is 0 Å². The number of nitrogens with one attached hydrogen (secondary N) is 1. The standard InChI is InChI=1S/C15H25NOS/c1-4-5-6-11-16-12-13(2)17-14-7-9-15(18-3)10-8-14/h7-10,13,16H,4-6,11-12H2,1-3H3. The quantitative estimate of drug-likeness (QED) is 0.540. The van der Waals surface area contributed by atoms with Crippen LogP contribution in [-0.2, 0) is 0 Å². The van der Waals surface area contributed by atoms with Crippen molar-refractivity contribution in [1.82, 2.24) is 5.32 Å². The van der Waals surface area contributed by atoms with E-state index in [9.17, 15) is 0 Å². The number of thioether (sulfide) groups is 1. The fraction of sp³-hybridized carbons (Fsp3) is 0.600. The molecule has 0 aliphatic heterocycles. The van der Waals surface area contributed by atoms with Gasteiger partial charge in [-0.3, -0.25) is 0 Å². The molecule has 0 spiro atoms. The van der Waals surface area contributed by atoms with Crippen LogP contribution in [0.1, 0.15) is 33.1 Å². The molecule has 1 rings (SSSR count). The Labute approximate surface area is 116 Å². The third kappa shape index (κ3) is 6.31. The van der Waals surface area contributed by atoms with Gasteiger partial charge < -0.3 is 10.1 Å². The second-order valence-corrected chi connectivity index (χ2v) is 5.39. The molecule has 1 atom stereocenters. The van der Waals surface area contributed by atoms with Gasteiger partial charge in [-0.2, -0.15) is 0 Å². The maximum Gasteiger partial charge on any atom is 0.119 e.